The number of fused-ring (bicyclic) bond motifs is 1. The number of anilines is 1. The highest BCUT2D eigenvalue weighted by Gasteiger charge is 2.42. The van der Waals surface area contributed by atoms with Gasteiger partial charge in [-0.3, -0.25) is 24.1 Å². The van der Waals surface area contributed by atoms with E-state index in [-0.39, 0.29) is 36.8 Å². The van der Waals surface area contributed by atoms with Crippen molar-refractivity contribution < 1.29 is 33.4 Å². The van der Waals surface area contributed by atoms with Crippen LogP contribution in [0.5, 0.6) is 0 Å². The highest BCUT2D eigenvalue weighted by atomic mass is 35.5. The second-order valence-electron chi connectivity index (χ2n) is 6.48. The Morgan fingerprint density at radius 3 is 1.88 bits per heavy atom. The van der Waals surface area contributed by atoms with Crippen molar-refractivity contribution in [3.63, 3.8) is 0 Å². The summed E-state index contributed by atoms with van der Waals surface area (Å²) in [6.07, 6.45) is 0. The molecule has 1 aliphatic rings. The number of carbonyl (C=O) groups is 5. The number of ether oxygens (including phenoxy) is 2. The molecule has 1 N–H and O–H groups in total. The number of halogens is 4. The van der Waals surface area contributed by atoms with Crippen LogP contribution in [0.15, 0.2) is 24.3 Å². The molecule has 2 aromatic carbocycles. The van der Waals surface area contributed by atoms with Crippen molar-refractivity contribution >= 4 is 81.8 Å². The lowest BCUT2D eigenvalue weighted by molar-refractivity contribution is -0.147. The molecule has 0 atom stereocenters. The van der Waals surface area contributed by atoms with Crippen LogP contribution in [0.2, 0.25) is 20.1 Å². The molecule has 0 spiro atoms. The van der Waals surface area contributed by atoms with E-state index >= 15 is 0 Å². The Labute approximate surface area is 206 Å². The average Bonchev–Trinajstić information content (AvgIpc) is 3.04. The van der Waals surface area contributed by atoms with Crippen LogP contribution in [-0.2, 0) is 19.1 Å². The van der Waals surface area contributed by atoms with E-state index < -0.39 is 42.8 Å². The topological polar surface area (TPSA) is 119 Å². The zero-order chi connectivity index (χ0) is 24.4. The zero-order valence-corrected chi connectivity index (χ0v) is 19.6. The van der Waals surface area contributed by atoms with Crippen LogP contribution in [0, 0.1) is 0 Å². The SMILES string of the molecule is COC(=O)c1ccc(NC(=O)COC(=O)CN2C(=O)c3c(Cl)c(Cl)c(Cl)c(Cl)c3C2=O)cc1. The van der Waals surface area contributed by atoms with Crippen LogP contribution in [0.3, 0.4) is 0 Å². The Morgan fingerprint density at radius 2 is 1.39 bits per heavy atom. The van der Waals surface area contributed by atoms with Gasteiger partial charge in [0.2, 0.25) is 0 Å². The maximum atomic E-state index is 12.6. The summed E-state index contributed by atoms with van der Waals surface area (Å²) in [4.78, 5) is 61.3. The van der Waals surface area contributed by atoms with Crippen LogP contribution >= 0.6 is 46.4 Å². The molecule has 3 rings (SSSR count). The third kappa shape index (κ3) is 4.91. The molecule has 0 aliphatic carbocycles. The molecular weight excluding hydrogens is 522 g/mol. The van der Waals surface area contributed by atoms with Gasteiger partial charge in [0.1, 0.15) is 6.54 Å². The first-order valence-electron chi connectivity index (χ1n) is 8.92. The third-order valence-corrected chi connectivity index (χ3v) is 6.23. The van der Waals surface area contributed by atoms with Gasteiger partial charge in [0, 0.05) is 5.69 Å². The lowest BCUT2D eigenvalue weighted by Crippen LogP contribution is -2.36. The molecule has 0 fully saturated rings. The number of hydrogen-bond acceptors (Lipinski definition) is 7. The van der Waals surface area contributed by atoms with Gasteiger partial charge in [0.15, 0.2) is 6.61 Å². The van der Waals surface area contributed by atoms with Gasteiger partial charge in [-0.05, 0) is 24.3 Å². The van der Waals surface area contributed by atoms with Crippen molar-refractivity contribution in [1.29, 1.82) is 0 Å². The number of rotatable bonds is 6. The molecule has 0 saturated heterocycles. The summed E-state index contributed by atoms with van der Waals surface area (Å²) >= 11 is 23.9. The molecule has 2 aromatic rings. The number of esters is 2. The Bertz CT molecular complexity index is 1150. The number of hydrogen-bond donors (Lipinski definition) is 1. The highest BCUT2D eigenvalue weighted by Crippen LogP contribution is 2.44. The number of amides is 3. The van der Waals surface area contributed by atoms with Crippen molar-refractivity contribution in [1.82, 2.24) is 4.90 Å². The van der Waals surface area contributed by atoms with Crippen molar-refractivity contribution in [3.05, 3.63) is 61.0 Å². The Morgan fingerprint density at radius 1 is 0.879 bits per heavy atom. The molecule has 13 heteroatoms. The molecule has 0 radical (unpaired) electrons. The fraction of sp³-hybridized carbons (Fsp3) is 0.150. The number of benzene rings is 2. The lowest BCUT2D eigenvalue weighted by Gasteiger charge is -2.13. The first-order chi connectivity index (χ1) is 15.6. The van der Waals surface area contributed by atoms with Crippen LogP contribution in [0.1, 0.15) is 31.1 Å². The number of imide groups is 1. The van der Waals surface area contributed by atoms with E-state index in [1.54, 1.807) is 0 Å². The van der Waals surface area contributed by atoms with Crippen molar-refractivity contribution in [2.45, 2.75) is 0 Å². The predicted octanol–water partition coefficient (Wildman–Crippen LogP) is 3.86. The van der Waals surface area contributed by atoms with E-state index in [9.17, 15) is 24.0 Å². The Hall–Kier alpha value is -2.85. The quantitative estimate of drug-likeness (QED) is 0.259. The summed E-state index contributed by atoms with van der Waals surface area (Å²) in [6.45, 7) is -1.49. The Kier molecular flexibility index (Phi) is 7.48. The number of methoxy groups -OCH3 is 1. The molecule has 0 unspecified atom stereocenters. The first-order valence-corrected chi connectivity index (χ1v) is 10.4. The molecule has 1 aliphatic heterocycles. The van der Waals surface area contributed by atoms with E-state index in [1.165, 1.54) is 31.4 Å². The minimum Gasteiger partial charge on any atom is -0.465 e. The van der Waals surface area contributed by atoms with E-state index in [4.69, 9.17) is 51.1 Å². The molecule has 33 heavy (non-hydrogen) atoms. The summed E-state index contributed by atoms with van der Waals surface area (Å²) in [6, 6.07) is 5.78. The number of nitrogens with zero attached hydrogens (tertiary/aromatic N) is 1. The van der Waals surface area contributed by atoms with Gasteiger partial charge in [-0.15, -0.1) is 0 Å². The van der Waals surface area contributed by atoms with E-state index in [1.807, 2.05) is 0 Å². The largest absolute Gasteiger partial charge is 0.465 e. The van der Waals surface area contributed by atoms with Gasteiger partial charge < -0.3 is 14.8 Å². The van der Waals surface area contributed by atoms with Crippen molar-refractivity contribution in [2.75, 3.05) is 25.6 Å². The van der Waals surface area contributed by atoms with Gasteiger partial charge in [-0.25, -0.2) is 4.79 Å². The highest BCUT2D eigenvalue weighted by molar-refractivity contribution is 6.55. The van der Waals surface area contributed by atoms with Gasteiger partial charge in [0.25, 0.3) is 17.7 Å². The zero-order valence-electron chi connectivity index (χ0n) is 16.5. The first kappa shape index (κ1) is 24.8. The molecule has 0 bridgehead atoms. The fourth-order valence-corrected chi connectivity index (χ4v) is 3.88. The molecule has 172 valence electrons. The van der Waals surface area contributed by atoms with Gasteiger partial charge in [-0.1, -0.05) is 46.4 Å². The second-order valence-corrected chi connectivity index (χ2v) is 7.99. The number of nitrogens with one attached hydrogen (secondary N) is 1. The minimum absolute atomic E-state index is 0.205. The monoisotopic (exact) mass is 532 g/mol. The van der Waals surface area contributed by atoms with Crippen LogP contribution in [0.4, 0.5) is 5.69 Å². The third-order valence-electron chi connectivity index (χ3n) is 4.43. The maximum Gasteiger partial charge on any atom is 0.337 e. The molecule has 1 heterocycles. The lowest BCUT2D eigenvalue weighted by atomic mass is 10.1. The van der Waals surface area contributed by atoms with E-state index in [2.05, 4.69) is 10.1 Å². The van der Waals surface area contributed by atoms with Crippen LogP contribution < -0.4 is 5.32 Å². The molecule has 3 amide bonds. The van der Waals surface area contributed by atoms with Crippen LogP contribution in [0.25, 0.3) is 0 Å². The normalized spacial score (nSPS) is 12.5. The smallest absolute Gasteiger partial charge is 0.337 e. The Balaban J connectivity index is 1.60. The van der Waals surface area contributed by atoms with Gasteiger partial charge >= 0.3 is 11.9 Å². The molecule has 9 nitrogen and oxygen atoms in total. The predicted molar refractivity (Wildman–Crippen MR) is 119 cm³/mol. The second kappa shape index (κ2) is 9.96. The summed E-state index contributed by atoms with van der Waals surface area (Å²) in [5.74, 6) is -4.09. The standard InChI is InChI=1S/C20H12Cl4N2O7/c1-32-20(31)8-2-4-9(5-3-8)25-10(27)7-33-11(28)6-26-18(29)12-13(19(26)30)15(22)17(24)16(23)14(12)21/h2-5H,6-7H2,1H3,(H,25,27). The van der Waals surface area contributed by atoms with Gasteiger partial charge in [-0.2, -0.15) is 0 Å². The molecule has 0 saturated carbocycles. The summed E-state index contributed by atoms with van der Waals surface area (Å²) in [5.41, 5.74) is 0.0665. The van der Waals surface area contributed by atoms with Crippen molar-refractivity contribution in [2.24, 2.45) is 0 Å². The summed E-state index contributed by atoms with van der Waals surface area (Å²) in [7, 11) is 1.24. The van der Waals surface area contributed by atoms with Gasteiger partial charge in [0.05, 0.1) is 43.9 Å². The maximum absolute atomic E-state index is 12.6. The molecule has 0 aromatic heterocycles. The summed E-state index contributed by atoms with van der Waals surface area (Å²) in [5, 5.41) is 1.50. The van der Waals surface area contributed by atoms with E-state index in [0.717, 1.165) is 0 Å². The average molecular weight is 534 g/mol. The molecular formula is C20H12Cl4N2O7. The fourth-order valence-electron chi connectivity index (χ4n) is 2.86. The summed E-state index contributed by atoms with van der Waals surface area (Å²) < 4.78 is 9.41. The van der Waals surface area contributed by atoms with E-state index in [0.29, 0.717) is 10.6 Å². The van der Waals surface area contributed by atoms with Crippen molar-refractivity contribution in [3.8, 4) is 0 Å². The minimum atomic E-state index is -1.04. The van der Waals surface area contributed by atoms with Crippen LogP contribution in [-0.4, -0.2) is 54.8 Å². The number of carbonyl (C=O) groups excluding carboxylic acids is 5.